The lowest BCUT2D eigenvalue weighted by Crippen LogP contribution is -2.41. The van der Waals surface area contributed by atoms with E-state index in [0.29, 0.717) is 11.3 Å². The molecule has 104 valence electrons. The minimum atomic E-state index is -1.96. The van der Waals surface area contributed by atoms with Crippen LogP contribution in [0.1, 0.15) is 12.5 Å². The lowest BCUT2D eigenvalue weighted by atomic mass is 10.1. The van der Waals surface area contributed by atoms with Crippen LogP contribution >= 0.6 is 11.6 Å². The van der Waals surface area contributed by atoms with E-state index in [1.165, 1.54) is 6.07 Å². The fourth-order valence-corrected chi connectivity index (χ4v) is 1.72. The third-order valence-corrected chi connectivity index (χ3v) is 2.85. The Kier molecular flexibility index (Phi) is 4.33. The number of anilines is 1. The van der Waals surface area contributed by atoms with Gasteiger partial charge in [-0.25, -0.2) is 4.79 Å². The van der Waals surface area contributed by atoms with Gasteiger partial charge < -0.3 is 15.5 Å². The largest absolute Gasteiger partial charge is 0.479 e. The van der Waals surface area contributed by atoms with E-state index in [1.54, 1.807) is 6.92 Å². The van der Waals surface area contributed by atoms with Crippen LogP contribution in [0.2, 0.25) is 5.02 Å². The van der Waals surface area contributed by atoms with Gasteiger partial charge in [-0.2, -0.15) is 0 Å². The summed E-state index contributed by atoms with van der Waals surface area (Å²) in [5.41, 5.74) is -1.27. The fourth-order valence-electron chi connectivity index (χ4n) is 1.39. The Labute approximate surface area is 114 Å². The van der Waals surface area contributed by atoms with Gasteiger partial charge in [0.2, 0.25) is 0 Å². The van der Waals surface area contributed by atoms with E-state index in [0.717, 1.165) is 13.0 Å². The van der Waals surface area contributed by atoms with E-state index in [-0.39, 0.29) is 17.3 Å². The standard InChI is InChI=1S/C11H13ClN2O5/c1-6-3-7(14(18)19)4-8(12)9(6)13-5-11(2,17)10(15)16/h3-4,13,17H,5H2,1-2H3,(H,15,16). The molecule has 3 N–H and O–H groups in total. The number of carboxylic acids is 1. The van der Waals surface area contributed by atoms with Crippen molar-refractivity contribution in [3.8, 4) is 0 Å². The predicted octanol–water partition coefficient (Wildman–Crippen LogP) is 1.80. The fraction of sp³-hybridized carbons (Fsp3) is 0.364. The van der Waals surface area contributed by atoms with E-state index >= 15 is 0 Å². The molecule has 0 aromatic heterocycles. The van der Waals surface area contributed by atoms with Crippen LogP contribution in [0.15, 0.2) is 12.1 Å². The minimum absolute atomic E-state index is 0.0906. The molecule has 0 amide bonds. The van der Waals surface area contributed by atoms with Crippen LogP contribution in [-0.4, -0.2) is 33.3 Å². The molecule has 19 heavy (non-hydrogen) atoms. The summed E-state index contributed by atoms with van der Waals surface area (Å²) in [7, 11) is 0. The zero-order chi connectivity index (χ0) is 14.8. The van der Waals surface area contributed by atoms with Crippen LogP contribution in [0.3, 0.4) is 0 Å². The number of hydrogen-bond donors (Lipinski definition) is 3. The highest BCUT2D eigenvalue weighted by molar-refractivity contribution is 6.33. The number of carboxylic acid groups (broad SMARTS) is 1. The number of carbonyl (C=O) groups is 1. The highest BCUT2D eigenvalue weighted by Gasteiger charge is 2.30. The van der Waals surface area contributed by atoms with Crippen LogP contribution in [0, 0.1) is 17.0 Å². The van der Waals surface area contributed by atoms with Gasteiger partial charge in [-0.05, 0) is 19.4 Å². The molecule has 1 rings (SSSR count). The van der Waals surface area contributed by atoms with E-state index in [2.05, 4.69) is 5.32 Å². The van der Waals surface area contributed by atoms with Crippen LogP contribution in [0.4, 0.5) is 11.4 Å². The second-order valence-electron chi connectivity index (χ2n) is 4.31. The van der Waals surface area contributed by atoms with Crippen LogP contribution in [-0.2, 0) is 4.79 Å². The number of halogens is 1. The number of nitro groups is 1. The first-order valence-corrected chi connectivity index (χ1v) is 5.67. The van der Waals surface area contributed by atoms with Gasteiger partial charge in [-0.3, -0.25) is 10.1 Å². The first-order valence-electron chi connectivity index (χ1n) is 5.29. The Morgan fingerprint density at radius 3 is 2.58 bits per heavy atom. The molecule has 0 aliphatic heterocycles. The second kappa shape index (κ2) is 5.41. The molecule has 0 aliphatic carbocycles. The van der Waals surface area contributed by atoms with Gasteiger partial charge in [0.05, 0.1) is 22.2 Å². The second-order valence-corrected chi connectivity index (χ2v) is 4.72. The van der Waals surface area contributed by atoms with Crippen molar-refractivity contribution >= 4 is 28.9 Å². The van der Waals surface area contributed by atoms with Gasteiger partial charge in [0.15, 0.2) is 5.60 Å². The SMILES string of the molecule is Cc1cc([N+](=O)[O-])cc(Cl)c1NCC(C)(O)C(=O)O. The summed E-state index contributed by atoms with van der Waals surface area (Å²) in [4.78, 5) is 20.8. The maximum Gasteiger partial charge on any atom is 0.337 e. The smallest absolute Gasteiger partial charge is 0.337 e. The number of aryl methyl sites for hydroxylation is 1. The van der Waals surface area contributed by atoms with Crippen molar-refractivity contribution in [3.05, 3.63) is 32.8 Å². The molecule has 0 spiro atoms. The number of benzene rings is 1. The highest BCUT2D eigenvalue weighted by atomic mass is 35.5. The topological polar surface area (TPSA) is 113 Å². The molecular weight excluding hydrogens is 276 g/mol. The van der Waals surface area contributed by atoms with Gasteiger partial charge in [-0.15, -0.1) is 0 Å². The highest BCUT2D eigenvalue weighted by Crippen LogP contribution is 2.31. The average molecular weight is 289 g/mol. The van der Waals surface area contributed by atoms with Crippen molar-refractivity contribution in [1.29, 1.82) is 0 Å². The third-order valence-electron chi connectivity index (χ3n) is 2.55. The molecule has 1 aromatic carbocycles. The van der Waals surface area contributed by atoms with E-state index < -0.39 is 16.5 Å². The molecule has 7 nitrogen and oxygen atoms in total. The quantitative estimate of drug-likeness (QED) is 0.562. The summed E-state index contributed by atoms with van der Waals surface area (Å²) >= 11 is 5.89. The number of rotatable bonds is 5. The number of nitrogens with zero attached hydrogens (tertiary/aromatic N) is 1. The summed E-state index contributed by atoms with van der Waals surface area (Å²) in [6, 6.07) is 2.47. The maximum atomic E-state index is 10.7. The van der Waals surface area contributed by atoms with Crippen LogP contribution < -0.4 is 5.32 Å². The Balaban J connectivity index is 2.97. The summed E-state index contributed by atoms with van der Waals surface area (Å²) in [6.07, 6.45) is 0. The van der Waals surface area contributed by atoms with Crippen molar-refractivity contribution in [2.24, 2.45) is 0 Å². The van der Waals surface area contributed by atoms with Crippen molar-refractivity contribution in [2.45, 2.75) is 19.4 Å². The van der Waals surface area contributed by atoms with Crippen molar-refractivity contribution in [3.63, 3.8) is 0 Å². The third kappa shape index (κ3) is 3.55. The summed E-state index contributed by atoms with van der Waals surface area (Å²) in [5, 5.41) is 31.7. The van der Waals surface area contributed by atoms with Gasteiger partial charge in [0.25, 0.3) is 5.69 Å². The Bertz CT molecular complexity index is 507. The Morgan fingerprint density at radius 1 is 1.58 bits per heavy atom. The van der Waals surface area contributed by atoms with Crippen LogP contribution in [0.25, 0.3) is 0 Å². The molecule has 1 unspecified atom stereocenters. The van der Waals surface area contributed by atoms with Gasteiger partial charge in [0, 0.05) is 12.1 Å². The normalized spacial score (nSPS) is 13.7. The molecule has 1 atom stereocenters. The molecular formula is C11H13ClN2O5. The Morgan fingerprint density at radius 2 is 2.16 bits per heavy atom. The summed E-state index contributed by atoms with van der Waals surface area (Å²) in [5.74, 6) is -1.38. The molecule has 8 heteroatoms. The van der Waals surface area contributed by atoms with Gasteiger partial charge in [0.1, 0.15) is 0 Å². The molecule has 0 saturated carbocycles. The Hall–Kier alpha value is -1.86. The minimum Gasteiger partial charge on any atom is -0.479 e. The number of nitro benzene ring substituents is 1. The lowest BCUT2D eigenvalue weighted by Gasteiger charge is -2.20. The number of non-ortho nitro benzene ring substituents is 1. The first-order chi connectivity index (χ1) is 8.65. The van der Waals surface area contributed by atoms with E-state index in [9.17, 15) is 20.0 Å². The predicted molar refractivity (Wildman–Crippen MR) is 69.6 cm³/mol. The summed E-state index contributed by atoms with van der Waals surface area (Å²) in [6.45, 7) is 2.45. The van der Waals surface area contributed by atoms with Crippen LogP contribution in [0.5, 0.6) is 0 Å². The number of nitrogens with one attached hydrogen (secondary N) is 1. The molecule has 1 aromatic rings. The molecule has 0 bridgehead atoms. The number of aliphatic carboxylic acids is 1. The maximum absolute atomic E-state index is 10.7. The van der Waals surface area contributed by atoms with Gasteiger partial charge >= 0.3 is 5.97 Å². The summed E-state index contributed by atoms with van der Waals surface area (Å²) < 4.78 is 0. The molecule has 0 saturated heterocycles. The lowest BCUT2D eigenvalue weighted by molar-refractivity contribution is -0.384. The van der Waals surface area contributed by atoms with E-state index in [1.807, 2.05) is 0 Å². The molecule has 0 fully saturated rings. The molecule has 0 aliphatic rings. The zero-order valence-corrected chi connectivity index (χ0v) is 11.1. The molecule has 0 heterocycles. The van der Waals surface area contributed by atoms with Crippen molar-refractivity contribution in [2.75, 3.05) is 11.9 Å². The number of hydrogen-bond acceptors (Lipinski definition) is 5. The van der Waals surface area contributed by atoms with E-state index in [4.69, 9.17) is 16.7 Å². The monoisotopic (exact) mass is 288 g/mol. The number of aliphatic hydroxyl groups is 1. The first kappa shape index (κ1) is 15.2. The average Bonchev–Trinajstić information content (AvgIpc) is 2.27. The molecule has 0 radical (unpaired) electrons. The van der Waals surface area contributed by atoms with Crippen molar-refractivity contribution < 1.29 is 19.9 Å². The van der Waals surface area contributed by atoms with Crippen molar-refractivity contribution in [1.82, 2.24) is 0 Å². The van der Waals surface area contributed by atoms with Gasteiger partial charge in [-0.1, -0.05) is 11.6 Å². The zero-order valence-electron chi connectivity index (χ0n) is 10.3.